The standard InChI is InChI=1S/C21H23FN2O4/c22-17-6-8-18(9-7-17)27-15-21(13-19(23)25)14-24(10-11-28-21)20(26)12-16-4-2-1-3-5-16/h1-9H,10-15H2,(H2,23,25). The summed E-state index contributed by atoms with van der Waals surface area (Å²) in [6.45, 7) is 0.933. The lowest BCUT2D eigenvalue weighted by molar-refractivity contribution is -0.161. The fraction of sp³-hybridized carbons (Fsp3) is 0.333. The first-order valence-electron chi connectivity index (χ1n) is 9.08. The topological polar surface area (TPSA) is 81.9 Å². The zero-order valence-corrected chi connectivity index (χ0v) is 15.5. The second-order valence-electron chi connectivity index (χ2n) is 6.89. The molecule has 6 nitrogen and oxygen atoms in total. The molecular formula is C21H23FN2O4. The smallest absolute Gasteiger partial charge is 0.227 e. The minimum atomic E-state index is -1.04. The average Bonchev–Trinajstić information content (AvgIpc) is 2.68. The third-order valence-electron chi connectivity index (χ3n) is 4.61. The molecule has 1 aliphatic heterocycles. The van der Waals surface area contributed by atoms with E-state index in [1.54, 1.807) is 4.90 Å². The van der Waals surface area contributed by atoms with Crippen LogP contribution in [0.15, 0.2) is 54.6 Å². The van der Waals surface area contributed by atoms with Gasteiger partial charge in [0.2, 0.25) is 11.8 Å². The first kappa shape index (κ1) is 19.8. The van der Waals surface area contributed by atoms with Gasteiger partial charge in [0, 0.05) is 6.54 Å². The molecule has 0 radical (unpaired) electrons. The SMILES string of the molecule is NC(=O)CC1(COc2ccc(F)cc2)CN(C(=O)Cc2ccccc2)CCO1. The molecule has 2 aromatic carbocycles. The van der Waals surface area contributed by atoms with E-state index in [4.69, 9.17) is 15.2 Å². The molecule has 1 aliphatic rings. The van der Waals surface area contributed by atoms with Crippen molar-refractivity contribution in [2.45, 2.75) is 18.4 Å². The van der Waals surface area contributed by atoms with Crippen LogP contribution in [0, 0.1) is 5.82 Å². The Hall–Kier alpha value is -2.93. The number of ether oxygens (including phenoxy) is 2. The van der Waals surface area contributed by atoms with Crippen LogP contribution < -0.4 is 10.5 Å². The van der Waals surface area contributed by atoms with E-state index in [0.717, 1.165) is 5.56 Å². The molecule has 0 saturated carbocycles. The number of halogens is 1. The number of amides is 2. The van der Waals surface area contributed by atoms with Crippen molar-refractivity contribution in [3.8, 4) is 5.75 Å². The summed E-state index contributed by atoms with van der Waals surface area (Å²) in [6, 6.07) is 15.0. The van der Waals surface area contributed by atoms with Gasteiger partial charge in [-0.2, -0.15) is 0 Å². The van der Waals surface area contributed by atoms with E-state index >= 15 is 0 Å². The van der Waals surface area contributed by atoms with Crippen LogP contribution in [0.4, 0.5) is 4.39 Å². The van der Waals surface area contributed by atoms with Crippen molar-refractivity contribution in [3.05, 3.63) is 66.0 Å². The number of nitrogens with zero attached hydrogens (tertiary/aromatic N) is 1. The molecule has 3 rings (SSSR count). The van der Waals surface area contributed by atoms with Crippen LogP contribution in [0.25, 0.3) is 0 Å². The molecule has 0 aromatic heterocycles. The molecule has 28 heavy (non-hydrogen) atoms. The van der Waals surface area contributed by atoms with Crippen molar-refractivity contribution < 1.29 is 23.5 Å². The highest BCUT2D eigenvalue weighted by molar-refractivity contribution is 5.79. The fourth-order valence-corrected chi connectivity index (χ4v) is 3.25. The molecule has 1 saturated heterocycles. The number of carbonyl (C=O) groups is 2. The van der Waals surface area contributed by atoms with E-state index in [9.17, 15) is 14.0 Å². The number of nitrogens with two attached hydrogens (primary N) is 1. The molecule has 0 bridgehead atoms. The minimum absolute atomic E-state index is 0.0245. The Balaban J connectivity index is 1.69. The summed E-state index contributed by atoms with van der Waals surface area (Å²) in [4.78, 5) is 26.0. The summed E-state index contributed by atoms with van der Waals surface area (Å²) in [5, 5.41) is 0. The molecular weight excluding hydrogens is 363 g/mol. The largest absolute Gasteiger partial charge is 0.490 e. The van der Waals surface area contributed by atoms with Gasteiger partial charge in [-0.25, -0.2) is 4.39 Å². The average molecular weight is 386 g/mol. The molecule has 2 amide bonds. The lowest BCUT2D eigenvalue weighted by Gasteiger charge is -2.42. The zero-order chi connectivity index (χ0) is 20.0. The second-order valence-corrected chi connectivity index (χ2v) is 6.89. The van der Waals surface area contributed by atoms with Gasteiger partial charge in [0.1, 0.15) is 23.8 Å². The maximum absolute atomic E-state index is 13.1. The van der Waals surface area contributed by atoms with Crippen molar-refractivity contribution >= 4 is 11.8 Å². The van der Waals surface area contributed by atoms with E-state index in [1.165, 1.54) is 24.3 Å². The van der Waals surface area contributed by atoms with Crippen LogP contribution in [-0.2, 0) is 20.7 Å². The van der Waals surface area contributed by atoms with Gasteiger partial charge in [-0.1, -0.05) is 30.3 Å². The van der Waals surface area contributed by atoms with Gasteiger partial charge < -0.3 is 20.1 Å². The van der Waals surface area contributed by atoms with E-state index in [1.807, 2.05) is 30.3 Å². The van der Waals surface area contributed by atoms with E-state index < -0.39 is 11.5 Å². The quantitative estimate of drug-likeness (QED) is 0.788. The second kappa shape index (κ2) is 8.84. The predicted molar refractivity (Wildman–Crippen MR) is 101 cm³/mol. The maximum atomic E-state index is 13.1. The molecule has 0 aliphatic carbocycles. The molecule has 1 fully saturated rings. The van der Waals surface area contributed by atoms with Gasteiger partial charge in [-0.05, 0) is 29.8 Å². The molecule has 1 atom stereocenters. The van der Waals surface area contributed by atoms with Crippen LogP contribution in [-0.4, -0.2) is 48.6 Å². The summed E-state index contributed by atoms with van der Waals surface area (Å²) in [7, 11) is 0. The zero-order valence-electron chi connectivity index (χ0n) is 15.5. The normalized spacial score (nSPS) is 19.2. The van der Waals surface area contributed by atoms with Gasteiger partial charge in [-0.3, -0.25) is 9.59 Å². The molecule has 2 N–H and O–H groups in total. The van der Waals surface area contributed by atoms with Gasteiger partial charge in [0.15, 0.2) is 0 Å². The van der Waals surface area contributed by atoms with Crippen molar-refractivity contribution in [2.75, 3.05) is 26.3 Å². The van der Waals surface area contributed by atoms with Gasteiger partial charge in [0.25, 0.3) is 0 Å². The van der Waals surface area contributed by atoms with Gasteiger partial charge >= 0.3 is 0 Å². The van der Waals surface area contributed by atoms with E-state index in [2.05, 4.69) is 0 Å². The Morgan fingerprint density at radius 3 is 2.54 bits per heavy atom. The lowest BCUT2D eigenvalue weighted by atomic mass is 9.97. The Labute approximate surface area is 163 Å². The Kier molecular flexibility index (Phi) is 6.26. The highest BCUT2D eigenvalue weighted by Crippen LogP contribution is 2.25. The maximum Gasteiger partial charge on any atom is 0.227 e. The number of primary amides is 1. The number of morpholine rings is 1. The molecule has 7 heteroatoms. The van der Waals surface area contributed by atoms with Gasteiger partial charge in [0.05, 0.1) is 26.0 Å². The Bertz CT molecular complexity index is 813. The van der Waals surface area contributed by atoms with Crippen molar-refractivity contribution in [2.24, 2.45) is 5.73 Å². The highest BCUT2D eigenvalue weighted by atomic mass is 19.1. The summed E-state index contributed by atoms with van der Waals surface area (Å²) in [6.07, 6.45) is 0.190. The third-order valence-corrected chi connectivity index (χ3v) is 4.61. The minimum Gasteiger partial charge on any atom is -0.490 e. The number of carbonyl (C=O) groups excluding carboxylic acids is 2. The van der Waals surface area contributed by atoms with Crippen LogP contribution >= 0.6 is 0 Å². The van der Waals surface area contributed by atoms with E-state index in [-0.39, 0.29) is 44.3 Å². The van der Waals surface area contributed by atoms with Crippen LogP contribution in [0.1, 0.15) is 12.0 Å². The fourth-order valence-electron chi connectivity index (χ4n) is 3.25. The molecule has 148 valence electrons. The molecule has 1 unspecified atom stereocenters. The van der Waals surface area contributed by atoms with Gasteiger partial charge in [-0.15, -0.1) is 0 Å². The molecule has 1 heterocycles. The van der Waals surface area contributed by atoms with Crippen molar-refractivity contribution in [3.63, 3.8) is 0 Å². The third kappa shape index (κ3) is 5.29. The lowest BCUT2D eigenvalue weighted by Crippen LogP contribution is -2.58. The summed E-state index contributed by atoms with van der Waals surface area (Å²) >= 11 is 0. The summed E-state index contributed by atoms with van der Waals surface area (Å²) < 4.78 is 24.6. The Morgan fingerprint density at radius 2 is 1.86 bits per heavy atom. The van der Waals surface area contributed by atoms with Crippen LogP contribution in [0.2, 0.25) is 0 Å². The summed E-state index contributed by atoms with van der Waals surface area (Å²) in [5.74, 6) is -0.516. The first-order chi connectivity index (χ1) is 13.5. The monoisotopic (exact) mass is 386 g/mol. The highest BCUT2D eigenvalue weighted by Gasteiger charge is 2.40. The number of hydrogen-bond acceptors (Lipinski definition) is 4. The predicted octanol–water partition coefficient (Wildman–Crippen LogP) is 1.92. The number of benzene rings is 2. The van der Waals surface area contributed by atoms with Crippen molar-refractivity contribution in [1.82, 2.24) is 4.90 Å². The van der Waals surface area contributed by atoms with Crippen molar-refractivity contribution in [1.29, 1.82) is 0 Å². The summed E-state index contributed by atoms with van der Waals surface area (Å²) in [5.41, 5.74) is 5.30. The Morgan fingerprint density at radius 1 is 1.14 bits per heavy atom. The molecule has 2 aromatic rings. The van der Waals surface area contributed by atoms with Crippen LogP contribution in [0.3, 0.4) is 0 Å². The number of rotatable bonds is 7. The molecule has 0 spiro atoms. The first-order valence-corrected chi connectivity index (χ1v) is 9.08. The number of hydrogen-bond donors (Lipinski definition) is 1. The van der Waals surface area contributed by atoms with Crippen LogP contribution in [0.5, 0.6) is 5.75 Å². The van der Waals surface area contributed by atoms with E-state index in [0.29, 0.717) is 12.3 Å².